The van der Waals surface area contributed by atoms with Gasteiger partial charge in [0.25, 0.3) is 0 Å². The van der Waals surface area contributed by atoms with Crippen LogP contribution in [0.4, 0.5) is 11.4 Å². The van der Waals surface area contributed by atoms with E-state index in [1.807, 2.05) is 25.1 Å². The Balaban J connectivity index is 1.91. The van der Waals surface area contributed by atoms with Crippen molar-refractivity contribution >= 4 is 23.2 Å². The van der Waals surface area contributed by atoms with E-state index in [1.165, 1.54) is 19.8 Å². The molecule has 1 aromatic carbocycles. The topological polar surface area (TPSA) is 61.4 Å². The molecule has 1 atom stereocenters. The van der Waals surface area contributed by atoms with Gasteiger partial charge in [-0.1, -0.05) is 6.07 Å². The number of rotatable bonds is 5. The maximum atomic E-state index is 12.2. The Morgan fingerprint density at radius 3 is 2.74 bits per heavy atom. The number of hydrogen-bond acceptors (Lipinski definition) is 3. The second-order valence-corrected chi connectivity index (χ2v) is 6.59. The summed E-state index contributed by atoms with van der Waals surface area (Å²) >= 11 is 0. The van der Waals surface area contributed by atoms with E-state index in [2.05, 4.69) is 22.6 Å². The molecule has 2 N–H and O–H groups in total. The number of benzene rings is 1. The minimum Gasteiger partial charge on any atom is -0.325 e. The number of amides is 2. The van der Waals surface area contributed by atoms with Gasteiger partial charge in [0, 0.05) is 19.9 Å². The predicted octanol–water partition coefficient (Wildman–Crippen LogP) is 3.01. The van der Waals surface area contributed by atoms with Crippen LogP contribution in [0, 0.1) is 12.8 Å². The van der Waals surface area contributed by atoms with E-state index in [-0.39, 0.29) is 11.8 Å². The van der Waals surface area contributed by atoms with Crippen molar-refractivity contribution in [3.63, 3.8) is 0 Å². The minimum atomic E-state index is -0.144. The Kier molecular flexibility index (Phi) is 6.16. The van der Waals surface area contributed by atoms with Gasteiger partial charge in [-0.25, -0.2) is 0 Å². The standard InChI is InChI=1S/C18H27N3O2/c1-13-6-8-16(19-14(2)22)17(11-13)20-18(23)9-7-15-5-4-10-21(3)12-15/h6,8,11,15H,4-5,7,9-10,12H2,1-3H3,(H,19,22)(H,20,23). The van der Waals surface area contributed by atoms with Crippen LogP contribution in [0.3, 0.4) is 0 Å². The highest BCUT2D eigenvalue weighted by molar-refractivity contribution is 5.98. The van der Waals surface area contributed by atoms with Gasteiger partial charge in [-0.15, -0.1) is 0 Å². The lowest BCUT2D eigenvalue weighted by molar-refractivity contribution is -0.116. The molecule has 0 radical (unpaired) electrons. The third-order valence-electron chi connectivity index (χ3n) is 4.26. The zero-order chi connectivity index (χ0) is 16.8. The summed E-state index contributed by atoms with van der Waals surface area (Å²) in [6.07, 6.45) is 3.86. The lowest BCUT2D eigenvalue weighted by atomic mass is 9.93. The maximum absolute atomic E-state index is 12.2. The fourth-order valence-corrected chi connectivity index (χ4v) is 3.12. The first-order valence-corrected chi connectivity index (χ1v) is 8.30. The zero-order valence-corrected chi connectivity index (χ0v) is 14.3. The molecule has 0 saturated carbocycles. The first-order chi connectivity index (χ1) is 10.9. The van der Waals surface area contributed by atoms with Crippen molar-refractivity contribution in [1.29, 1.82) is 0 Å². The Morgan fingerprint density at radius 2 is 2.04 bits per heavy atom. The largest absolute Gasteiger partial charge is 0.325 e. The summed E-state index contributed by atoms with van der Waals surface area (Å²) in [6.45, 7) is 5.66. The number of hydrogen-bond donors (Lipinski definition) is 2. The summed E-state index contributed by atoms with van der Waals surface area (Å²) in [6, 6.07) is 5.62. The second kappa shape index (κ2) is 8.11. The van der Waals surface area contributed by atoms with Crippen LogP contribution < -0.4 is 10.6 Å². The fourth-order valence-electron chi connectivity index (χ4n) is 3.12. The number of piperidine rings is 1. The normalized spacial score (nSPS) is 18.5. The van der Waals surface area contributed by atoms with Crippen molar-refractivity contribution in [2.75, 3.05) is 30.8 Å². The monoisotopic (exact) mass is 317 g/mol. The number of nitrogens with one attached hydrogen (secondary N) is 2. The first-order valence-electron chi connectivity index (χ1n) is 8.30. The Labute approximate surface area is 138 Å². The third-order valence-corrected chi connectivity index (χ3v) is 4.26. The molecule has 5 nitrogen and oxygen atoms in total. The third kappa shape index (κ3) is 5.67. The summed E-state index contributed by atoms with van der Waals surface area (Å²) in [5.41, 5.74) is 2.36. The quantitative estimate of drug-likeness (QED) is 0.877. The number of anilines is 2. The second-order valence-electron chi connectivity index (χ2n) is 6.59. The van der Waals surface area contributed by atoms with Crippen LogP contribution in [0.5, 0.6) is 0 Å². The first kappa shape index (κ1) is 17.5. The number of likely N-dealkylation sites (tertiary alicyclic amines) is 1. The Hall–Kier alpha value is -1.88. The van der Waals surface area contributed by atoms with E-state index >= 15 is 0 Å². The van der Waals surface area contributed by atoms with Gasteiger partial charge in [0.15, 0.2) is 0 Å². The average molecular weight is 317 g/mol. The molecule has 1 heterocycles. The molecule has 23 heavy (non-hydrogen) atoms. The van der Waals surface area contributed by atoms with Crippen molar-refractivity contribution in [2.45, 2.75) is 39.5 Å². The van der Waals surface area contributed by atoms with E-state index in [0.717, 1.165) is 25.1 Å². The molecular formula is C18H27N3O2. The summed E-state index contributed by atoms with van der Waals surface area (Å²) < 4.78 is 0. The molecular weight excluding hydrogens is 290 g/mol. The van der Waals surface area contributed by atoms with Gasteiger partial charge < -0.3 is 15.5 Å². The Morgan fingerprint density at radius 1 is 1.26 bits per heavy atom. The Bertz CT molecular complexity index is 571. The molecule has 0 spiro atoms. The summed E-state index contributed by atoms with van der Waals surface area (Å²) in [4.78, 5) is 25.9. The SMILES string of the molecule is CC(=O)Nc1ccc(C)cc1NC(=O)CCC1CCCN(C)C1. The number of nitrogens with zero attached hydrogens (tertiary/aromatic N) is 1. The van der Waals surface area contributed by atoms with Gasteiger partial charge in [-0.3, -0.25) is 9.59 Å². The number of aryl methyl sites for hydroxylation is 1. The lowest BCUT2D eigenvalue weighted by Crippen LogP contribution is -2.32. The highest BCUT2D eigenvalue weighted by Crippen LogP contribution is 2.24. The highest BCUT2D eigenvalue weighted by Gasteiger charge is 2.18. The van der Waals surface area contributed by atoms with Gasteiger partial charge in [-0.2, -0.15) is 0 Å². The van der Waals surface area contributed by atoms with E-state index in [9.17, 15) is 9.59 Å². The molecule has 1 aliphatic rings. The summed E-state index contributed by atoms with van der Waals surface area (Å²) in [7, 11) is 2.14. The predicted molar refractivity (Wildman–Crippen MR) is 93.6 cm³/mol. The zero-order valence-electron chi connectivity index (χ0n) is 14.3. The summed E-state index contributed by atoms with van der Waals surface area (Å²) in [5, 5.41) is 5.70. The molecule has 1 aromatic rings. The smallest absolute Gasteiger partial charge is 0.224 e. The molecule has 1 saturated heterocycles. The fraction of sp³-hybridized carbons (Fsp3) is 0.556. The van der Waals surface area contributed by atoms with Crippen LogP contribution in [0.25, 0.3) is 0 Å². The molecule has 0 bridgehead atoms. The van der Waals surface area contributed by atoms with Gasteiger partial charge in [0.1, 0.15) is 0 Å². The number of carbonyl (C=O) groups excluding carboxylic acids is 2. The van der Waals surface area contributed by atoms with Crippen LogP contribution in [0.15, 0.2) is 18.2 Å². The van der Waals surface area contributed by atoms with Gasteiger partial charge in [0.2, 0.25) is 11.8 Å². The molecule has 1 fully saturated rings. The van der Waals surface area contributed by atoms with Gasteiger partial charge in [-0.05, 0) is 63.4 Å². The lowest BCUT2D eigenvalue weighted by Gasteiger charge is -2.29. The van der Waals surface area contributed by atoms with E-state index in [1.54, 1.807) is 0 Å². The minimum absolute atomic E-state index is 0.00966. The molecule has 2 rings (SSSR count). The van der Waals surface area contributed by atoms with E-state index in [0.29, 0.717) is 23.7 Å². The summed E-state index contributed by atoms with van der Waals surface area (Å²) in [5.74, 6) is 0.469. The van der Waals surface area contributed by atoms with Gasteiger partial charge in [0.05, 0.1) is 11.4 Å². The van der Waals surface area contributed by atoms with Crippen LogP contribution in [-0.2, 0) is 9.59 Å². The molecule has 0 aromatic heterocycles. The van der Waals surface area contributed by atoms with Crippen molar-refractivity contribution in [2.24, 2.45) is 5.92 Å². The van der Waals surface area contributed by atoms with Crippen molar-refractivity contribution < 1.29 is 9.59 Å². The van der Waals surface area contributed by atoms with Crippen LogP contribution in [0.1, 0.15) is 38.2 Å². The van der Waals surface area contributed by atoms with Crippen molar-refractivity contribution in [3.05, 3.63) is 23.8 Å². The molecule has 1 unspecified atom stereocenters. The van der Waals surface area contributed by atoms with Crippen LogP contribution >= 0.6 is 0 Å². The molecule has 2 amide bonds. The molecule has 126 valence electrons. The van der Waals surface area contributed by atoms with E-state index < -0.39 is 0 Å². The van der Waals surface area contributed by atoms with Gasteiger partial charge >= 0.3 is 0 Å². The molecule has 1 aliphatic heterocycles. The number of carbonyl (C=O) groups is 2. The highest BCUT2D eigenvalue weighted by atomic mass is 16.2. The van der Waals surface area contributed by atoms with Crippen LogP contribution in [0.2, 0.25) is 0 Å². The average Bonchev–Trinajstić information content (AvgIpc) is 2.48. The molecule has 5 heteroatoms. The van der Waals surface area contributed by atoms with E-state index in [4.69, 9.17) is 0 Å². The van der Waals surface area contributed by atoms with Crippen molar-refractivity contribution in [3.8, 4) is 0 Å². The van der Waals surface area contributed by atoms with Crippen LogP contribution in [-0.4, -0.2) is 36.9 Å². The maximum Gasteiger partial charge on any atom is 0.224 e. The van der Waals surface area contributed by atoms with Crippen molar-refractivity contribution in [1.82, 2.24) is 4.90 Å². The molecule has 0 aliphatic carbocycles.